The number of hydrogen-bond donors (Lipinski definition) is 0. The molecule has 2 aromatic rings. The van der Waals surface area contributed by atoms with E-state index in [1.165, 1.54) is 0 Å². The molecule has 0 spiro atoms. The van der Waals surface area contributed by atoms with Crippen molar-refractivity contribution in [1.29, 1.82) is 0 Å². The van der Waals surface area contributed by atoms with Crippen molar-refractivity contribution in [3.63, 3.8) is 0 Å². The van der Waals surface area contributed by atoms with Gasteiger partial charge in [0.15, 0.2) is 0 Å². The predicted octanol–water partition coefficient (Wildman–Crippen LogP) is 2.00. The maximum absolute atomic E-state index is 12.2. The first-order valence-corrected chi connectivity index (χ1v) is 6.30. The summed E-state index contributed by atoms with van der Waals surface area (Å²) in [5.74, 6) is -0.213. The van der Waals surface area contributed by atoms with Gasteiger partial charge in [-0.2, -0.15) is 9.97 Å². The predicted molar refractivity (Wildman–Crippen MR) is 66.2 cm³/mol. The van der Waals surface area contributed by atoms with Gasteiger partial charge in [-0.05, 0) is 33.6 Å². The van der Waals surface area contributed by atoms with Gasteiger partial charge < -0.3 is 13.6 Å². The minimum absolute atomic E-state index is 0.0973. The van der Waals surface area contributed by atoms with Crippen LogP contribution in [0.2, 0.25) is 0 Å². The molecule has 0 aliphatic heterocycles. The number of fused-ring (bicyclic) bond motifs is 1. The lowest BCUT2D eigenvalue weighted by Crippen LogP contribution is -2.32. The van der Waals surface area contributed by atoms with Crippen LogP contribution in [-0.2, 0) is 14.9 Å². The Morgan fingerprint density at radius 1 is 1.25 bits per heavy atom. The Labute approximate surface area is 114 Å². The highest BCUT2D eigenvalue weighted by Gasteiger charge is 2.58. The van der Waals surface area contributed by atoms with Crippen molar-refractivity contribution < 1.29 is 23.2 Å². The van der Waals surface area contributed by atoms with Crippen LogP contribution < -0.4 is 0 Å². The van der Waals surface area contributed by atoms with Crippen molar-refractivity contribution in [3.05, 3.63) is 11.8 Å². The zero-order chi connectivity index (χ0) is 14.5. The molecule has 1 aliphatic rings. The summed E-state index contributed by atoms with van der Waals surface area (Å²) >= 11 is 0. The first-order chi connectivity index (χ1) is 9.34. The van der Waals surface area contributed by atoms with Crippen LogP contribution in [0.15, 0.2) is 8.83 Å². The standard InChI is InChI=1S/C13H14N2O5/c1-12(2,3)20-11(17)13(4-5-13)10-15-9-8(19-10)14-7(6-16)18-9/h6H,4-5H2,1-3H3. The molecule has 0 saturated heterocycles. The van der Waals surface area contributed by atoms with Crippen molar-refractivity contribution in [2.45, 2.75) is 44.6 Å². The molecule has 7 nitrogen and oxygen atoms in total. The summed E-state index contributed by atoms with van der Waals surface area (Å²) in [6.45, 7) is 5.42. The number of rotatable bonds is 3. The average molecular weight is 278 g/mol. The van der Waals surface area contributed by atoms with Crippen molar-refractivity contribution in [2.24, 2.45) is 0 Å². The van der Waals surface area contributed by atoms with E-state index in [2.05, 4.69) is 9.97 Å². The van der Waals surface area contributed by atoms with E-state index in [4.69, 9.17) is 13.6 Å². The SMILES string of the molecule is CC(C)(C)OC(=O)C1(c2nc3oc(C=O)nc3o2)CC1. The smallest absolute Gasteiger partial charge is 0.322 e. The van der Waals surface area contributed by atoms with Crippen LogP contribution in [0.5, 0.6) is 0 Å². The number of oxazole rings is 2. The second-order valence-corrected chi connectivity index (χ2v) is 5.88. The van der Waals surface area contributed by atoms with Gasteiger partial charge >= 0.3 is 5.97 Å². The van der Waals surface area contributed by atoms with Gasteiger partial charge in [0.05, 0.1) is 0 Å². The molecule has 1 fully saturated rings. The Morgan fingerprint density at radius 2 is 1.90 bits per heavy atom. The molecule has 0 aromatic carbocycles. The Kier molecular flexibility index (Phi) is 2.51. The first kappa shape index (κ1) is 12.8. The summed E-state index contributed by atoms with van der Waals surface area (Å²) in [7, 11) is 0. The molecule has 106 valence electrons. The lowest BCUT2D eigenvalue weighted by Gasteiger charge is -2.22. The third-order valence-corrected chi connectivity index (χ3v) is 3.04. The number of carbonyl (C=O) groups excluding carboxylic acids is 2. The second kappa shape index (κ2) is 3.91. The molecule has 0 N–H and O–H groups in total. The average Bonchev–Trinajstić information content (AvgIpc) is 2.91. The van der Waals surface area contributed by atoms with E-state index >= 15 is 0 Å². The van der Waals surface area contributed by atoms with E-state index in [0.717, 1.165) is 0 Å². The summed E-state index contributed by atoms with van der Waals surface area (Å²) in [5, 5.41) is 0. The van der Waals surface area contributed by atoms with E-state index in [9.17, 15) is 9.59 Å². The number of hydrogen-bond acceptors (Lipinski definition) is 7. The van der Waals surface area contributed by atoms with Gasteiger partial charge in [-0.3, -0.25) is 9.59 Å². The number of esters is 1. The number of nitrogens with zero attached hydrogens (tertiary/aromatic N) is 2. The number of aromatic nitrogens is 2. The Hall–Kier alpha value is -2.18. The molecule has 0 unspecified atom stereocenters. The monoisotopic (exact) mass is 278 g/mol. The lowest BCUT2D eigenvalue weighted by molar-refractivity contribution is -0.158. The zero-order valence-electron chi connectivity index (χ0n) is 11.4. The number of aldehydes is 1. The number of carbonyl (C=O) groups is 2. The molecular weight excluding hydrogens is 264 g/mol. The van der Waals surface area contributed by atoms with Gasteiger partial charge in [0.1, 0.15) is 11.0 Å². The van der Waals surface area contributed by atoms with E-state index in [-0.39, 0.29) is 29.2 Å². The Morgan fingerprint density at radius 3 is 2.40 bits per heavy atom. The van der Waals surface area contributed by atoms with Crippen LogP contribution in [-0.4, -0.2) is 27.8 Å². The largest absolute Gasteiger partial charge is 0.459 e. The van der Waals surface area contributed by atoms with Crippen LogP contribution in [0.4, 0.5) is 0 Å². The molecule has 20 heavy (non-hydrogen) atoms. The minimum Gasteiger partial charge on any atom is -0.459 e. The third-order valence-electron chi connectivity index (χ3n) is 3.04. The van der Waals surface area contributed by atoms with E-state index in [1.54, 1.807) is 20.8 Å². The van der Waals surface area contributed by atoms with Crippen molar-refractivity contribution in [3.8, 4) is 0 Å². The highest BCUT2D eigenvalue weighted by Crippen LogP contribution is 2.50. The Balaban J connectivity index is 1.91. The molecule has 7 heteroatoms. The molecule has 0 bridgehead atoms. The number of ether oxygens (including phenoxy) is 1. The first-order valence-electron chi connectivity index (χ1n) is 6.30. The van der Waals surface area contributed by atoms with Crippen LogP contribution >= 0.6 is 0 Å². The molecular formula is C13H14N2O5. The maximum atomic E-state index is 12.2. The van der Waals surface area contributed by atoms with E-state index in [1.807, 2.05) is 0 Å². The van der Waals surface area contributed by atoms with E-state index in [0.29, 0.717) is 19.1 Å². The molecule has 2 heterocycles. The molecule has 0 radical (unpaired) electrons. The molecule has 1 aliphatic carbocycles. The molecule has 0 amide bonds. The van der Waals surface area contributed by atoms with Gasteiger partial charge in [-0.25, -0.2) is 0 Å². The van der Waals surface area contributed by atoms with Crippen LogP contribution in [0.25, 0.3) is 11.4 Å². The van der Waals surface area contributed by atoms with Crippen LogP contribution in [0.3, 0.4) is 0 Å². The van der Waals surface area contributed by atoms with Crippen molar-refractivity contribution in [2.75, 3.05) is 0 Å². The van der Waals surface area contributed by atoms with Crippen LogP contribution in [0, 0.1) is 0 Å². The Bertz CT molecular complexity index is 656. The molecule has 0 atom stereocenters. The third kappa shape index (κ3) is 1.99. The van der Waals surface area contributed by atoms with Crippen molar-refractivity contribution >= 4 is 23.7 Å². The van der Waals surface area contributed by atoms with E-state index < -0.39 is 11.0 Å². The van der Waals surface area contributed by atoms with Gasteiger partial charge in [0.2, 0.25) is 12.2 Å². The quantitative estimate of drug-likeness (QED) is 0.625. The topological polar surface area (TPSA) is 95.4 Å². The lowest BCUT2D eigenvalue weighted by atomic mass is 10.1. The summed E-state index contributed by atoms with van der Waals surface area (Å²) in [4.78, 5) is 30.7. The highest BCUT2D eigenvalue weighted by atomic mass is 16.6. The summed E-state index contributed by atoms with van der Waals surface area (Å²) in [5.41, 5.74) is -1.16. The highest BCUT2D eigenvalue weighted by molar-refractivity contribution is 5.86. The molecule has 3 rings (SSSR count). The fourth-order valence-electron chi connectivity index (χ4n) is 1.92. The molecule has 1 saturated carbocycles. The zero-order valence-corrected chi connectivity index (χ0v) is 11.4. The summed E-state index contributed by atoms with van der Waals surface area (Å²) in [6.07, 6.45) is 1.70. The van der Waals surface area contributed by atoms with Gasteiger partial charge in [-0.1, -0.05) is 0 Å². The fourth-order valence-corrected chi connectivity index (χ4v) is 1.92. The molecule has 2 aromatic heterocycles. The maximum Gasteiger partial charge on any atom is 0.322 e. The van der Waals surface area contributed by atoms with Crippen molar-refractivity contribution in [1.82, 2.24) is 9.97 Å². The minimum atomic E-state index is -0.835. The summed E-state index contributed by atoms with van der Waals surface area (Å²) < 4.78 is 15.9. The second-order valence-electron chi connectivity index (χ2n) is 5.88. The van der Waals surface area contributed by atoms with Gasteiger partial charge in [0, 0.05) is 0 Å². The summed E-state index contributed by atoms with van der Waals surface area (Å²) in [6, 6.07) is 0. The van der Waals surface area contributed by atoms with Gasteiger partial charge in [-0.15, -0.1) is 0 Å². The fraction of sp³-hybridized carbons (Fsp3) is 0.538. The van der Waals surface area contributed by atoms with Crippen LogP contribution in [0.1, 0.15) is 50.2 Å². The van der Waals surface area contributed by atoms with Gasteiger partial charge in [0.25, 0.3) is 17.3 Å². The normalized spacial score (nSPS) is 17.1.